The Morgan fingerprint density at radius 3 is 2.11 bits per heavy atom. The van der Waals surface area contributed by atoms with E-state index in [2.05, 4.69) is 15.3 Å². The number of esters is 3. The largest absolute Gasteiger partial charge is 0.456 e. The molecule has 2 rings (SSSR count). The molecule has 1 N–H and O–H groups in total. The lowest BCUT2D eigenvalue weighted by molar-refractivity contribution is -0.221. The predicted molar refractivity (Wildman–Crippen MR) is 125 cm³/mol. The van der Waals surface area contributed by atoms with Gasteiger partial charge in [-0.1, -0.05) is 11.8 Å². The highest BCUT2D eigenvalue weighted by Crippen LogP contribution is 2.29. The zero-order valence-corrected chi connectivity index (χ0v) is 21.3. The zero-order chi connectivity index (χ0) is 26.4. The normalized spacial score (nSPS) is 22.2. The van der Waals surface area contributed by atoms with Crippen molar-refractivity contribution in [1.82, 2.24) is 9.55 Å². The monoisotopic (exact) mass is 512 g/mol. The summed E-state index contributed by atoms with van der Waals surface area (Å²) in [7, 11) is 1.51. The van der Waals surface area contributed by atoms with Crippen LogP contribution < -0.4 is 10.9 Å². The third-order valence-corrected chi connectivity index (χ3v) is 5.56. The quantitative estimate of drug-likeness (QED) is 0.171. The van der Waals surface area contributed by atoms with E-state index in [0.717, 1.165) is 13.8 Å². The van der Waals surface area contributed by atoms with Crippen molar-refractivity contribution in [2.45, 2.75) is 64.3 Å². The number of anilines is 1. The van der Waals surface area contributed by atoms with Crippen LogP contribution in [0, 0.1) is 0 Å². The van der Waals surface area contributed by atoms with Gasteiger partial charge in [-0.25, -0.2) is 9.98 Å². The fourth-order valence-corrected chi connectivity index (χ4v) is 3.74. The van der Waals surface area contributed by atoms with Gasteiger partial charge in [-0.3, -0.25) is 28.5 Å². The van der Waals surface area contributed by atoms with Gasteiger partial charge in [-0.05, 0) is 13.2 Å². The maximum Gasteiger partial charge on any atom is 0.303 e. The Balaban J connectivity index is 2.59. The highest BCUT2D eigenvalue weighted by Gasteiger charge is 2.47. The third-order valence-electron chi connectivity index (χ3n) is 4.83. The minimum absolute atomic E-state index is 0.0484. The summed E-state index contributed by atoms with van der Waals surface area (Å²) < 4.78 is 22.9. The van der Waals surface area contributed by atoms with Gasteiger partial charge < -0.3 is 24.3 Å². The number of hydrogen-bond donors (Lipinski definition) is 1. The molecule has 0 radical (unpaired) electrons. The van der Waals surface area contributed by atoms with Gasteiger partial charge in [-0.2, -0.15) is 0 Å². The second-order valence-electron chi connectivity index (χ2n) is 7.61. The summed E-state index contributed by atoms with van der Waals surface area (Å²) in [4.78, 5) is 68.5. The van der Waals surface area contributed by atoms with Gasteiger partial charge in [0, 0.05) is 34.7 Å². The first kappa shape index (κ1) is 28.0. The Hall–Kier alpha value is -3.26. The molecule has 0 saturated carbocycles. The fraction of sp³-hybridized carbons (Fsp3) is 0.571. The van der Waals surface area contributed by atoms with E-state index in [1.54, 1.807) is 6.26 Å². The lowest BCUT2D eigenvalue weighted by atomic mass is 10.0. The van der Waals surface area contributed by atoms with Crippen molar-refractivity contribution >= 4 is 52.7 Å². The summed E-state index contributed by atoms with van der Waals surface area (Å²) in [6.45, 7) is 6.00. The van der Waals surface area contributed by atoms with Crippen LogP contribution >= 0.6 is 11.8 Å². The van der Waals surface area contributed by atoms with Crippen LogP contribution in [0.1, 0.15) is 34.6 Å². The minimum atomic E-state index is -1.29. The van der Waals surface area contributed by atoms with Gasteiger partial charge in [0.2, 0.25) is 0 Å². The number of nitrogens with one attached hydrogen (secondary N) is 1. The van der Waals surface area contributed by atoms with Crippen molar-refractivity contribution in [1.29, 1.82) is 0 Å². The van der Waals surface area contributed by atoms with Gasteiger partial charge in [-0.15, -0.1) is 0 Å². The van der Waals surface area contributed by atoms with E-state index < -0.39 is 48.0 Å². The first-order valence-electron chi connectivity index (χ1n) is 10.5. The van der Waals surface area contributed by atoms with E-state index in [9.17, 15) is 24.0 Å². The van der Waals surface area contributed by atoms with E-state index in [4.69, 9.17) is 18.9 Å². The summed E-state index contributed by atoms with van der Waals surface area (Å²) in [6.07, 6.45) is -3.03. The van der Waals surface area contributed by atoms with E-state index in [1.807, 2.05) is 0 Å². The van der Waals surface area contributed by atoms with Gasteiger partial charge in [0.15, 0.2) is 47.0 Å². The van der Waals surface area contributed by atoms with Crippen molar-refractivity contribution in [3.05, 3.63) is 10.4 Å². The SMILES string of the molecule is CSc1nc(N[C@H]2OC[C@@H](OC(C)=O)[C@@H](OC(C)=O)[C@H]2OC(C)=O)c(N=C(C)C(C)=O)c(=O)n1C. The number of carbonyl (C=O) groups is 4. The maximum atomic E-state index is 13.0. The van der Waals surface area contributed by atoms with Crippen LogP contribution in [0.3, 0.4) is 0 Å². The van der Waals surface area contributed by atoms with Crippen molar-refractivity contribution in [2.75, 3.05) is 18.2 Å². The molecule has 1 aliphatic rings. The van der Waals surface area contributed by atoms with Crippen molar-refractivity contribution in [2.24, 2.45) is 12.0 Å². The zero-order valence-electron chi connectivity index (χ0n) is 20.4. The van der Waals surface area contributed by atoms with Crippen molar-refractivity contribution in [3.8, 4) is 0 Å². The number of ketones is 1. The van der Waals surface area contributed by atoms with Crippen LogP contribution in [0.25, 0.3) is 0 Å². The molecule has 0 bridgehead atoms. The Morgan fingerprint density at radius 1 is 1.03 bits per heavy atom. The van der Waals surface area contributed by atoms with Gasteiger partial charge >= 0.3 is 17.9 Å². The molecule has 2 heterocycles. The van der Waals surface area contributed by atoms with Gasteiger partial charge in [0.05, 0.1) is 12.3 Å². The first-order valence-corrected chi connectivity index (χ1v) is 11.7. The second kappa shape index (κ2) is 11.9. The fourth-order valence-electron chi connectivity index (χ4n) is 3.20. The van der Waals surface area contributed by atoms with Gasteiger partial charge in [0.1, 0.15) is 0 Å². The van der Waals surface area contributed by atoms with Crippen molar-refractivity contribution in [3.63, 3.8) is 0 Å². The lowest BCUT2D eigenvalue weighted by Gasteiger charge is -2.40. The Morgan fingerprint density at radius 2 is 1.60 bits per heavy atom. The summed E-state index contributed by atoms with van der Waals surface area (Å²) in [5.41, 5.74) is -0.645. The number of carbonyl (C=O) groups excluding carboxylic acids is 4. The van der Waals surface area contributed by atoms with E-state index in [0.29, 0.717) is 5.16 Å². The molecule has 13 nitrogen and oxygen atoms in total. The topological polar surface area (TPSA) is 164 Å². The summed E-state index contributed by atoms with van der Waals surface area (Å²) in [5, 5.41) is 3.21. The molecule has 0 spiro atoms. The number of nitrogens with zero attached hydrogens (tertiary/aromatic N) is 3. The standard InChI is InChI=1S/C21H28N4O9S/c1-9(10(2)26)22-15-18(24-21(35-7)25(6)20(15)30)23-19-17(34-13(5)29)16(33-12(4)28)14(8-31-19)32-11(3)27/h14,16-17,19,23H,8H2,1-7H3/t14-,16-,17-,19+/m1/s1. The Bertz CT molecular complexity index is 1100. The lowest BCUT2D eigenvalue weighted by Crippen LogP contribution is -2.59. The van der Waals surface area contributed by atoms with E-state index in [1.165, 1.54) is 44.1 Å². The number of aliphatic imine (C=N–C) groups is 1. The molecular formula is C21H28N4O9S. The summed E-state index contributed by atoms with van der Waals surface area (Å²) in [6, 6.07) is 0. The van der Waals surface area contributed by atoms with Crippen LogP contribution in [0.2, 0.25) is 0 Å². The van der Waals surface area contributed by atoms with Crippen LogP contribution in [-0.4, -0.2) is 76.4 Å². The highest BCUT2D eigenvalue weighted by atomic mass is 32.2. The number of aromatic nitrogens is 2. The number of Topliss-reactive ketones (excluding diaryl/α,β-unsaturated/α-hetero) is 1. The summed E-state index contributed by atoms with van der Waals surface area (Å²) >= 11 is 1.19. The van der Waals surface area contributed by atoms with E-state index in [-0.39, 0.29) is 29.6 Å². The van der Waals surface area contributed by atoms with Crippen LogP contribution in [-0.2, 0) is 45.2 Å². The predicted octanol–water partition coefficient (Wildman–Crippen LogP) is 0.747. The van der Waals surface area contributed by atoms with Gasteiger partial charge in [0.25, 0.3) is 5.56 Å². The molecule has 0 unspecified atom stereocenters. The molecule has 1 aliphatic heterocycles. The number of hydrogen-bond acceptors (Lipinski definition) is 13. The third kappa shape index (κ3) is 7.11. The van der Waals surface area contributed by atoms with Crippen molar-refractivity contribution < 1.29 is 38.1 Å². The molecule has 0 aromatic carbocycles. The molecule has 1 saturated heterocycles. The number of rotatable bonds is 8. The molecule has 14 heteroatoms. The van der Waals surface area contributed by atoms with Crippen LogP contribution in [0.5, 0.6) is 0 Å². The molecule has 35 heavy (non-hydrogen) atoms. The highest BCUT2D eigenvalue weighted by molar-refractivity contribution is 7.98. The number of thioether (sulfide) groups is 1. The molecule has 4 atom stereocenters. The van der Waals surface area contributed by atoms with Crippen LogP contribution in [0.15, 0.2) is 14.9 Å². The molecule has 192 valence electrons. The molecule has 1 aromatic heterocycles. The second-order valence-corrected chi connectivity index (χ2v) is 8.38. The average molecular weight is 513 g/mol. The Kier molecular flexibility index (Phi) is 9.54. The molecule has 0 aliphatic carbocycles. The van der Waals surface area contributed by atoms with E-state index >= 15 is 0 Å². The molecule has 1 fully saturated rings. The van der Waals surface area contributed by atoms with Crippen LogP contribution in [0.4, 0.5) is 11.5 Å². The minimum Gasteiger partial charge on any atom is -0.456 e. The smallest absolute Gasteiger partial charge is 0.303 e. The number of ether oxygens (including phenoxy) is 4. The Labute approximate surface area is 205 Å². The average Bonchev–Trinajstić information content (AvgIpc) is 2.75. The first-order chi connectivity index (χ1) is 16.3. The molecule has 1 aromatic rings. The molecule has 0 amide bonds. The summed E-state index contributed by atoms with van der Waals surface area (Å²) in [5.74, 6) is -2.48. The maximum absolute atomic E-state index is 13.0. The molecular weight excluding hydrogens is 484 g/mol.